The van der Waals surface area contributed by atoms with Crippen molar-refractivity contribution in [3.05, 3.63) is 22.5 Å². The van der Waals surface area contributed by atoms with Gasteiger partial charge in [-0.25, -0.2) is 4.98 Å². The van der Waals surface area contributed by atoms with Gasteiger partial charge in [-0.1, -0.05) is 20.8 Å². The summed E-state index contributed by atoms with van der Waals surface area (Å²) in [6.07, 6.45) is 1.97. The summed E-state index contributed by atoms with van der Waals surface area (Å²) in [6, 6.07) is 0. The van der Waals surface area contributed by atoms with Crippen molar-refractivity contribution in [3.63, 3.8) is 0 Å². The van der Waals surface area contributed by atoms with Gasteiger partial charge in [-0.05, 0) is 6.92 Å². The molecule has 0 spiro atoms. The summed E-state index contributed by atoms with van der Waals surface area (Å²) in [7, 11) is 1.91. The fourth-order valence-electron chi connectivity index (χ4n) is 2.04. The molecule has 4 nitrogen and oxygen atoms in total. The second kappa shape index (κ2) is 4.56. The molecule has 0 aliphatic carbocycles. The van der Waals surface area contributed by atoms with Crippen molar-refractivity contribution in [3.8, 4) is 10.6 Å². The number of aromatic nitrogens is 3. The largest absolute Gasteiger partial charge is 0.294 e. The first-order valence-corrected chi connectivity index (χ1v) is 7.04. The lowest BCUT2D eigenvalue weighted by molar-refractivity contribution is 0.102. The number of ketones is 1. The van der Waals surface area contributed by atoms with E-state index in [4.69, 9.17) is 0 Å². The molecule has 0 aliphatic rings. The lowest BCUT2D eigenvalue weighted by Crippen LogP contribution is -2.13. The van der Waals surface area contributed by atoms with E-state index in [0.717, 1.165) is 26.8 Å². The molecule has 102 valence electrons. The zero-order chi connectivity index (χ0) is 14.4. The van der Waals surface area contributed by atoms with Gasteiger partial charge in [0.1, 0.15) is 5.01 Å². The second-order valence-electron chi connectivity index (χ2n) is 5.80. The maximum atomic E-state index is 11.5. The minimum atomic E-state index is -0.0491. The number of hydrogen-bond acceptors (Lipinski definition) is 4. The number of rotatable bonds is 2. The fourth-order valence-corrected chi connectivity index (χ4v) is 3.01. The number of aryl methyl sites for hydroxylation is 2. The summed E-state index contributed by atoms with van der Waals surface area (Å²) < 4.78 is 1.81. The molecule has 0 bridgehead atoms. The molecule has 2 aromatic heterocycles. The number of carbonyl (C=O) groups excluding carboxylic acids is 1. The Labute approximate surface area is 117 Å². The lowest BCUT2D eigenvalue weighted by Gasteiger charge is -2.16. The third kappa shape index (κ3) is 2.61. The molecule has 0 amide bonds. The highest BCUT2D eigenvalue weighted by Gasteiger charge is 2.25. The van der Waals surface area contributed by atoms with Crippen LogP contribution in [-0.4, -0.2) is 20.5 Å². The molecule has 2 heterocycles. The smallest absolute Gasteiger partial charge is 0.171 e. The van der Waals surface area contributed by atoms with Crippen LogP contribution in [0.15, 0.2) is 6.20 Å². The van der Waals surface area contributed by atoms with Crippen LogP contribution in [0.25, 0.3) is 10.6 Å². The van der Waals surface area contributed by atoms with Gasteiger partial charge < -0.3 is 0 Å². The molecule has 0 saturated carbocycles. The van der Waals surface area contributed by atoms with Crippen LogP contribution in [0.4, 0.5) is 0 Å². The van der Waals surface area contributed by atoms with Gasteiger partial charge in [0.2, 0.25) is 0 Å². The Morgan fingerprint density at radius 1 is 1.37 bits per heavy atom. The SMILES string of the molecule is CC(=O)c1sc(-c2cn(C)nc2C(C)(C)C)nc1C. The van der Waals surface area contributed by atoms with E-state index < -0.39 is 0 Å². The second-order valence-corrected chi connectivity index (χ2v) is 6.80. The average Bonchev–Trinajstić information content (AvgIpc) is 2.80. The number of carbonyl (C=O) groups is 1. The van der Waals surface area contributed by atoms with Crippen molar-refractivity contribution in [2.24, 2.45) is 7.05 Å². The van der Waals surface area contributed by atoms with Crippen molar-refractivity contribution in [2.75, 3.05) is 0 Å². The fraction of sp³-hybridized carbons (Fsp3) is 0.500. The first-order chi connectivity index (χ1) is 8.70. The number of nitrogens with zero attached hydrogens (tertiary/aromatic N) is 3. The summed E-state index contributed by atoms with van der Waals surface area (Å²) in [4.78, 5) is 16.8. The predicted octanol–water partition coefficient (Wildman–Crippen LogP) is 3.35. The zero-order valence-corrected chi connectivity index (χ0v) is 13.1. The summed E-state index contributed by atoms with van der Waals surface area (Å²) in [6.45, 7) is 9.85. The van der Waals surface area contributed by atoms with E-state index in [1.807, 2.05) is 20.2 Å². The first kappa shape index (κ1) is 13.9. The number of thiazole rings is 1. The molecule has 0 aromatic carbocycles. The Balaban J connectivity index is 2.59. The molecule has 0 unspecified atom stereocenters. The highest BCUT2D eigenvalue weighted by Crippen LogP contribution is 2.35. The van der Waals surface area contributed by atoms with Gasteiger partial charge in [-0.3, -0.25) is 9.48 Å². The van der Waals surface area contributed by atoms with E-state index in [1.165, 1.54) is 11.3 Å². The van der Waals surface area contributed by atoms with Gasteiger partial charge in [0, 0.05) is 25.6 Å². The normalized spacial score (nSPS) is 11.9. The molecule has 5 heteroatoms. The van der Waals surface area contributed by atoms with Crippen LogP contribution >= 0.6 is 11.3 Å². The highest BCUT2D eigenvalue weighted by atomic mass is 32.1. The van der Waals surface area contributed by atoms with E-state index in [-0.39, 0.29) is 11.2 Å². The van der Waals surface area contributed by atoms with Crippen LogP contribution in [0, 0.1) is 6.92 Å². The molecule has 2 aromatic rings. The maximum Gasteiger partial charge on any atom is 0.171 e. The van der Waals surface area contributed by atoms with Crippen LogP contribution in [-0.2, 0) is 12.5 Å². The van der Waals surface area contributed by atoms with Crippen molar-refractivity contribution in [1.82, 2.24) is 14.8 Å². The Bertz CT molecular complexity index is 632. The maximum absolute atomic E-state index is 11.5. The van der Waals surface area contributed by atoms with E-state index >= 15 is 0 Å². The topological polar surface area (TPSA) is 47.8 Å². The van der Waals surface area contributed by atoms with E-state index in [9.17, 15) is 4.79 Å². The molecular weight excluding hydrogens is 258 g/mol. The van der Waals surface area contributed by atoms with Gasteiger partial charge in [-0.2, -0.15) is 5.10 Å². The Kier molecular flexibility index (Phi) is 3.34. The molecule has 0 radical (unpaired) electrons. The molecule has 0 fully saturated rings. The van der Waals surface area contributed by atoms with Crippen molar-refractivity contribution in [2.45, 2.75) is 40.0 Å². The molecule has 0 atom stereocenters. The van der Waals surface area contributed by atoms with Gasteiger partial charge in [0.05, 0.1) is 21.8 Å². The minimum Gasteiger partial charge on any atom is -0.294 e. The van der Waals surface area contributed by atoms with E-state index in [0.29, 0.717) is 0 Å². The van der Waals surface area contributed by atoms with Crippen molar-refractivity contribution < 1.29 is 4.79 Å². The summed E-state index contributed by atoms with van der Waals surface area (Å²) in [5.41, 5.74) is 2.79. The monoisotopic (exact) mass is 277 g/mol. The summed E-state index contributed by atoms with van der Waals surface area (Å²) in [5, 5.41) is 5.42. The van der Waals surface area contributed by atoms with Gasteiger partial charge in [0.15, 0.2) is 5.78 Å². The third-order valence-corrected chi connectivity index (χ3v) is 4.18. The summed E-state index contributed by atoms with van der Waals surface area (Å²) in [5.74, 6) is 0.0717. The van der Waals surface area contributed by atoms with Crippen LogP contribution in [0.2, 0.25) is 0 Å². The molecule has 0 N–H and O–H groups in total. The van der Waals surface area contributed by atoms with Crippen molar-refractivity contribution >= 4 is 17.1 Å². The Morgan fingerprint density at radius 2 is 2.00 bits per heavy atom. The van der Waals surface area contributed by atoms with Crippen LogP contribution in [0.1, 0.15) is 48.8 Å². The highest BCUT2D eigenvalue weighted by molar-refractivity contribution is 7.17. The summed E-state index contributed by atoms with van der Waals surface area (Å²) >= 11 is 1.45. The lowest BCUT2D eigenvalue weighted by atomic mass is 9.90. The number of Topliss-reactive ketones (excluding diaryl/α,β-unsaturated/α-hetero) is 1. The van der Waals surface area contributed by atoms with Crippen molar-refractivity contribution in [1.29, 1.82) is 0 Å². The van der Waals surface area contributed by atoms with E-state index in [2.05, 4.69) is 30.9 Å². The Morgan fingerprint density at radius 3 is 2.47 bits per heavy atom. The third-order valence-electron chi connectivity index (χ3n) is 2.89. The number of hydrogen-bond donors (Lipinski definition) is 0. The molecule has 19 heavy (non-hydrogen) atoms. The standard InChI is InChI=1S/C14H19N3OS/c1-8-11(9(2)18)19-13(15-8)10-7-17(6)16-12(10)14(3,4)5/h7H,1-6H3. The quantitative estimate of drug-likeness (QED) is 0.791. The average molecular weight is 277 g/mol. The van der Waals surface area contributed by atoms with Crippen LogP contribution < -0.4 is 0 Å². The molecule has 2 rings (SSSR count). The molecule has 0 aliphatic heterocycles. The molecular formula is C14H19N3OS. The van der Waals surface area contributed by atoms with E-state index in [1.54, 1.807) is 11.6 Å². The predicted molar refractivity (Wildman–Crippen MR) is 77.8 cm³/mol. The zero-order valence-electron chi connectivity index (χ0n) is 12.2. The minimum absolute atomic E-state index is 0.0491. The molecule has 0 saturated heterocycles. The van der Waals surface area contributed by atoms with Crippen LogP contribution in [0.5, 0.6) is 0 Å². The first-order valence-electron chi connectivity index (χ1n) is 6.23. The van der Waals surface area contributed by atoms with Crippen LogP contribution in [0.3, 0.4) is 0 Å². The van der Waals surface area contributed by atoms with Gasteiger partial charge >= 0.3 is 0 Å². The van der Waals surface area contributed by atoms with Gasteiger partial charge in [-0.15, -0.1) is 11.3 Å². The Hall–Kier alpha value is -1.49. The van der Waals surface area contributed by atoms with Gasteiger partial charge in [0.25, 0.3) is 0 Å².